The van der Waals surface area contributed by atoms with Crippen LogP contribution in [0.2, 0.25) is 0 Å². The van der Waals surface area contributed by atoms with E-state index < -0.39 is 5.76 Å². The average Bonchev–Trinajstić information content (AvgIpc) is 3.24. The van der Waals surface area contributed by atoms with Crippen molar-refractivity contribution in [1.29, 1.82) is 0 Å². The molecule has 26 heavy (non-hydrogen) atoms. The standard InChI is InChI=1S/C18H11F2N3O2S/c19-13-5-1-11(2-6-13)16-22-23(18(24)25-16)9-15-10-26-17(21-15)12-3-7-14(20)8-4-12/h1-8,10H,9H2. The maximum Gasteiger partial charge on any atom is 0.437 e. The fourth-order valence-corrected chi connectivity index (χ4v) is 3.19. The molecule has 0 unspecified atom stereocenters. The lowest BCUT2D eigenvalue weighted by atomic mass is 10.2. The van der Waals surface area contributed by atoms with Gasteiger partial charge in [0.15, 0.2) is 0 Å². The third-order valence-corrected chi connectivity index (χ3v) is 4.59. The van der Waals surface area contributed by atoms with Crippen LogP contribution >= 0.6 is 11.3 Å². The van der Waals surface area contributed by atoms with Crippen LogP contribution in [0.4, 0.5) is 8.78 Å². The van der Waals surface area contributed by atoms with Crippen molar-refractivity contribution in [3.63, 3.8) is 0 Å². The monoisotopic (exact) mass is 371 g/mol. The number of hydrogen-bond acceptors (Lipinski definition) is 5. The molecule has 0 bridgehead atoms. The molecule has 2 aromatic heterocycles. The van der Waals surface area contributed by atoms with E-state index in [9.17, 15) is 13.6 Å². The molecule has 0 spiro atoms. The molecule has 8 heteroatoms. The zero-order valence-corrected chi connectivity index (χ0v) is 14.0. The Labute approximate surface area is 150 Å². The molecule has 0 saturated heterocycles. The lowest BCUT2D eigenvalue weighted by Gasteiger charge is -1.96. The molecule has 0 fully saturated rings. The summed E-state index contributed by atoms with van der Waals surface area (Å²) in [5.41, 5.74) is 1.94. The highest BCUT2D eigenvalue weighted by Crippen LogP contribution is 2.24. The summed E-state index contributed by atoms with van der Waals surface area (Å²) < 4.78 is 32.3. The van der Waals surface area contributed by atoms with Crippen LogP contribution < -0.4 is 5.76 Å². The average molecular weight is 371 g/mol. The normalized spacial score (nSPS) is 11.0. The maximum absolute atomic E-state index is 13.0. The molecule has 0 aliphatic carbocycles. The Morgan fingerprint density at radius 2 is 1.58 bits per heavy atom. The summed E-state index contributed by atoms with van der Waals surface area (Å²) in [4.78, 5) is 16.4. The summed E-state index contributed by atoms with van der Waals surface area (Å²) in [5, 5.41) is 6.65. The number of halogens is 2. The van der Waals surface area contributed by atoms with Gasteiger partial charge in [-0.3, -0.25) is 0 Å². The molecule has 0 aliphatic rings. The fraction of sp³-hybridized carbons (Fsp3) is 0.0556. The Hall–Kier alpha value is -3.13. The van der Waals surface area contributed by atoms with E-state index in [0.29, 0.717) is 11.3 Å². The molecule has 0 amide bonds. The zero-order chi connectivity index (χ0) is 18.1. The van der Waals surface area contributed by atoms with Crippen molar-refractivity contribution in [2.45, 2.75) is 6.54 Å². The predicted octanol–water partition coefficient (Wildman–Crippen LogP) is 3.95. The summed E-state index contributed by atoms with van der Waals surface area (Å²) in [6.07, 6.45) is 0. The zero-order valence-electron chi connectivity index (χ0n) is 13.2. The Kier molecular flexibility index (Phi) is 4.18. The highest BCUT2D eigenvalue weighted by atomic mass is 32.1. The van der Waals surface area contributed by atoms with E-state index in [1.54, 1.807) is 17.5 Å². The van der Waals surface area contributed by atoms with Crippen molar-refractivity contribution in [3.05, 3.63) is 81.8 Å². The van der Waals surface area contributed by atoms with Gasteiger partial charge in [-0.1, -0.05) is 0 Å². The third kappa shape index (κ3) is 3.31. The second-order valence-electron chi connectivity index (χ2n) is 5.49. The van der Waals surface area contributed by atoms with E-state index in [1.165, 1.54) is 47.7 Å². The summed E-state index contributed by atoms with van der Waals surface area (Å²) in [6.45, 7) is 0.140. The highest BCUT2D eigenvalue weighted by molar-refractivity contribution is 7.13. The molecule has 0 saturated carbocycles. The molecule has 0 radical (unpaired) electrons. The smallest absolute Gasteiger partial charge is 0.388 e. The second kappa shape index (κ2) is 6.64. The van der Waals surface area contributed by atoms with Gasteiger partial charge in [-0.2, -0.15) is 4.68 Å². The molecule has 0 aliphatic heterocycles. The molecular weight excluding hydrogens is 360 g/mol. The first-order valence-corrected chi connectivity index (χ1v) is 8.51. The van der Waals surface area contributed by atoms with Crippen LogP contribution in [0.25, 0.3) is 22.0 Å². The minimum atomic E-state index is -0.624. The number of nitrogens with zero attached hydrogens (tertiary/aromatic N) is 3. The largest absolute Gasteiger partial charge is 0.437 e. The van der Waals surface area contributed by atoms with E-state index in [-0.39, 0.29) is 24.1 Å². The van der Waals surface area contributed by atoms with Crippen molar-refractivity contribution in [1.82, 2.24) is 14.8 Å². The van der Waals surface area contributed by atoms with Crippen LogP contribution in [0.1, 0.15) is 5.69 Å². The van der Waals surface area contributed by atoms with Crippen LogP contribution in [0.15, 0.2) is 63.1 Å². The summed E-state index contributed by atoms with van der Waals surface area (Å²) in [7, 11) is 0. The van der Waals surface area contributed by atoms with E-state index in [0.717, 1.165) is 15.3 Å². The Morgan fingerprint density at radius 3 is 2.23 bits per heavy atom. The molecule has 4 rings (SSSR count). The van der Waals surface area contributed by atoms with Gasteiger partial charge in [0.05, 0.1) is 12.2 Å². The van der Waals surface area contributed by atoms with Crippen LogP contribution in [-0.4, -0.2) is 14.8 Å². The SMILES string of the molecule is O=c1oc(-c2ccc(F)cc2)nn1Cc1csc(-c2ccc(F)cc2)n1. The van der Waals surface area contributed by atoms with Gasteiger partial charge < -0.3 is 4.42 Å². The van der Waals surface area contributed by atoms with Crippen LogP contribution in [0, 0.1) is 11.6 Å². The van der Waals surface area contributed by atoms with Crippen LogP contribution in [-0.2, 0) is 6.54 Å². The fourth-order valence-electron chi connectivity index (χ4n) is 2.37. The van der Waals surface area contributed by atoms with Gasteiger partial charge >= 0.3 is 5.76 Å². The molecule has 0 atom stereocenters. The van der Waals surface area contributed by atoms with Gasteiger partial charge in [-0.05, 0) is 48.5 Å². The predicted molar refractivity (Wildman–Crippen MR) is 92.8 cm³/mol. The quantitative estimate of drug-likeness (QED) is 0.545. The van der Waals surface area contributed by atoms with Gasteiger partial charge in [-0.15, -0.1) is 16.4 Å². The van der Waals surface area contributed by atoms with Gasteiger partial charge in [0.2, 0.25) is 5.89 Å². The third-order valence-electron chi connectivity index (χ3n) is 3.65. The highest BCUT2D eigenvalue weighted by Gasteiger charge is 2.13. The van der Waals surface area contributed by atoms with Crippen molar-refractivity contribution in [2.75, 3.05) is 0 Å². The van der Waals surface area contributed by atoms with Crippen LogP contribution in [0.5, 0.6) is 0 Å². The Balaban J connectivity index is 1.57. The number of rotatable bonds is 4. The number of benzene rings is 2. The van der Waals surface area contributed by atoms with E-state index in [1.807, 2.05) is 0 Å². The first-order chi connectivity index (χ1) is 12.6. The summed E-state index contributed by atoms with van der Waals surface area (Å²) in [5.74, 6) is -1.20. The Morgan fingerprint density at radius 1 is 0.962 bits per heavy atom. The lowest BCUT2D eigenvalue weighted by Crippen LogP contribution is -2.16. The molecule has 2 heterocycles. The molecular formula is C18H11F2N3O2S. The van der Waals surface area contributed by atoms with Gasteiger partial charge in [0, 0.05) is 16.5 Å². The van der Waals surface area contributed by atoms with Crippen molar-refractivity contribution < 1.29 is 13.2 Å². The molecule has 2 aromatic carbocycles. The molecule has 0 N–H and O–H groups in total. The van der Waals surface area contributed by atoms with Gasteiger partial charge in [0.25, 0.3) is 0 Å². The minimum absolute atomic E-state index is 0.115. The van der Waals surface area contributed by atoms with Crippen molar-refractivity contribution >= 4 is 11.3 Å². The topological polar surface area (TPSA) is 60.9 Å². The number of thiazole rings is 1. The van der Waals surface area contributed by atoms with E-state index in [2.05, 4.69) is 10.1 Å². The van der Waals surface area contributed by atoms with Gasteiger partial charge in [-0.25, -0.2) is 18.6 Å². The lowest BCUT2D eigenvalue weighted by molar-refractivity contribution is 0.493. The van der Waals surface area contributed by atoms with Crippen molar-refractivity contribution in [3.8, 4) is 22.0 Å². The van der Waals surface area contributed by atoms with Gasteiger partial charge in [0.1, 0.15) is 16.6 Å². The van der Waals surface area contributed by atoms with Crippen molar-refractivity contribution in [2.24, 2.45) is 0 Å². The van der Waals surface area contributed by atoms with E-state index >= 15 is 0 Å². The molecule has 130 valence electrons. The maximum atomic E-state index is 13.0. The number of hydrogen-bond donors (Lipinski definition) is 0. The van der Waals surface area contributed by atoms with Crippen LogP contribution in [0.3, 0.4) is 0 Å². The molecule has 4 aromatic rings. The number of aromatic nitrogens is 3. The van der Waals surface area contributed by atoms with E-state index in [4.69, 9.17) is 4.42 Å². The second-order valence-corrected chi connectivity index (χ2v) is 6.35. The first-order valence-electron chi connectivity index (χ1n) is 7.63. The Bertz CT molecular complexity index is 1100. The molecule has 5 nitrogen and oxygen atoms in total. The first kappa shape index (κ1) is 16.3. The summed E-state index contributed by atoms with van der Waals surface area (Å²) in [6, 6.07) is 11.5. The minimum Gasteiger partial charge on any atom is -0.388 e. The summed E-state index contributed by atoms with van der Waals surface area (Å²) >= 11 is 1.39.